The molecule has 2 amide bonds. The third-order valence-electron chi connectivity index (χ3n) is 4.94. The second-order valence-electron chi connectivity index (χ2n) is 7.29. The molecule has 30 heavy (non-hydrogen) atoms. The third-order valence-corrected chi connectivity index (χ3v) is 6.04. The Kier molecular flexibility index (Phi) is 8.16. The van der Waals surface area contributed by atoms with Crippen LogP contribution in [0.4, 0.5) is 5.69 Å². The summed E-state index contributed by atoms with van der Waals surface area (Å²) in [6.07, 6.45) is 0. The van der Waals surface area contributed by atoms with Crippen LogP contribution in [0.15, 0.2) is 59.5 Å². The van der Waals surface area contributed by atoms with Gasteiger partial charge in [-0.05, 0) is 43.3 Å². The van der Waals surface area contributed by atoms with E-state index in [-0.39, 0.29) is 17.1 Å². The molecule has 0 bridgehead atoms. The Bertz CT molecular complexity index is 821. The number of carbonyl (C=O) groups excluding carboxylic acids is 2. The lowest BCUT2D eigenvalue weighted by Crippen LogP contribution is -2.51. The molecule has 1 heterocycles. The topological polar surface area (TPSA) is 61.9 Å². The molecule has 2 aromatic carbocycles. The van der Waals surface area contributed by atoms with E-state index in [9.17, 15) is 9.59 Å². The van der Waals surface area contributed by atoms with Gasteiger partial charge in [0.05, 0.1) is 5.25 Å². The van der Waals surface area contributed by atoms with Crippen molar-refractivity contribution in [2.24, 2.45) is 0 Å². The number of ether oxygens (including phenoxy) is 1. The summed E-state index contributed by atoms with van der Waals surface area (Å²) in [7, 11) is 0. The van der Waals surface area contributed by atoms with Crippen LogP contribution in [0.1, 0.15) is 13.8 Å². The Balaban J connectivity index is 1.39. The Labute approximate surface area is 182 Å². The minimum absolute atomic E-state index is 0.0929. The van der Waals surface area contributed by atoms with Crippen molar-refractivity contribution in [2.75, 3.05) is 44.6 Å². The van der Waals surface area contributed by atoms with Crippen LogP contribution in [0.2, 0.25) is 0 Å². The quantitative estimate of drug-likeness (QED) is 0.655. The van der Waals surface area contributed by atoms with Gasteiger partial charge >= 0.3 is 0 Å². The Morgan fingerprint density at radius 2 is 1.70 bits per heavy atom. The summed E-state index contributed by atoms with van der Waals surface area (Å²) in [5, 5.41) is 2.60. The van der Waals surface area contributed by atoms with Crippen molar-refractivity contribution in [2.45, 2.75) is 24.0 Å². The van der Waals surface area contributed by atoms with Crippen molar-refractivity contribution in [3.05, 3.63) is 54.6 Å². The molecular formula is C23H29N3O3S. The Hall–Kier alpha value is -2.51. The molecule has 1 N–H and O–H groups in total. The number of hydrogen-bond donors (Lipinski definition) is 1. The molecule has 1 saturated heterocycles. The number of rotatable bonds is 8. The third kappa shape index (κ3) is 6.78. The molecule has 1 aliphatic rings. The summed E-state index contributed by atoms with van der Waals surface area (Å²) in [6.45, 7) is 8.18. The number of para-hydroxylation sites is 1. The van der Waals surface area contributed by atoms with Gasteiger partial charge in [-0.2, -0.15) is 0 Å². The van der Waals surface area contributed by atoms with Crippen LogP contribution in [-0.2, 0) is 9.59 Å². The number of amides is 2. The van der Waals surface area contributed by atoms with Gasteiger partial charge in [-0.3, -0.25) is 14.5 Å². The van der Waals surface area contributed by atoms with Crippen LogP contribution in [0.3, 0.4) is 0 Å². The summed E-state index contributed by atoms with van der Waals surface area (Å²) in [5.74, 6) is 0.970. The predicted molar refractivity (Wildman–Crippen MR) is 121 cm³/mol. The number of carbonyl (C=O) groups is 2. The van der Waals surface area contributed by atoms with E-state index in [4.69, 9.17) is 4.74 Å². The fourth-order valence-electron chi connectivity index (χ4n) is 3.33. The van der Waals surface area contributed by atoms with Crippen molar-refractivity contribution in [1.29, 1.82) is 0 Å². The van der Waals surface area contributed by atoms with E-state index in [1.165, 1.54) is 6.92 Å². The van der Waals surface area contributed by atoms with Gasteiger partial charge in [-0.15, -0.1) is 11.8 Å². The molecule has 1 aliphatic heterocycles. The van der Waals surface area contributed by atoms with Crippen LogP contribution in [0.5, 0.6) is 5.75 Å². The number of hydrogen-bond acceptors (Lipinski definition) is 5. The highest BCUT2D eigenvalue weighted by atomic mass is 32.2. The van der Waals surface area contributed by atoms with E-state index in [0.29, 0.717) is 6.61 Å². The molecule has 0 saturated carbocycles. The molecule has 0 spiro atoms. The minimum atomic E-state index is -0.149. The van der Waals surface area contributed by atoms with E-state index in [2.05, 4.69) is 10.2 Å². The molecule has 3 rings (SSSR count). The molecule has 1 unspecified atom stereocenters. The van der Waals surface area contributed by atoms with Gasteiger partial charge in [-0.25, -0.2) is 0 Å². The van der Waals surface area contributed by atoms with Crippen molar-refractivity contribution in [3.8, 4) is 5.75 Å². The standard InChI is InChI=1S/C23H29N3O3S/c1-18(30-22-10-8-20(9-11-22)24-19(2)27)23(28)26-14-12-25(13-15-26)16-17-29-21-6-4-3-5-7-21/h3-11,18H,12-17H2,1-2H3,(H,24,27). The zero-order valence-corrected chi connectivity index (χ0v) is 18.4. The summed E-state index contributed by atoms with van der Waals surface area (Å²) in [5.41, 5.74) is 0.762. The molecule has 1 atom stereocenters. The Morgan fingerprint density at radius 1 is 1.03 bits per heavy atom. The highest BCUT2D eigenvalue weighted by molar-refractivity contribution is 8.00. The van der Waals surface area contributed by atoms with Gasteiger partial charge in [0.15, 0.2) is 0 Å². The molecule has 7 heteroatoms. The lowest BCUT2D eigenvalue weighted by atomic mass is 10.3. The van der Waals surface area contributed by atoms with E-state index < -0.39 is 0 Å². The highest BCUT2D eigenvalue weighted by Crippen LogP contribution is 2.26. The average molecular weight is 428 g/mol. The van der Waals surface area contributed by atoms with Crippen molar-refractivity contribution in [3.63, 3.8) is 0 Å². The fourth-order valence-corrected chi connectivity index (χ4v) is 4.28. The predicted octanol–water partition coefficient (Wildman–Crippen LogP) is 3.35. The summed E-state index contributed by atoms with van der Waals surface area (Å²) >= 11 is 1.55. The number of anilines is 1. The van der Waals surface area contributed by atoms with Crippen molar-refractivity contribution in [1.82, 2.24) is 9.80 Å². The second-order valence-corrected chi connectivity index (χ2v) is 8.71. The van der Waals surface area contributed by atoms with Gasteiger partial charge in [0.25, 0.3) is 0 Å². The van der Waals surface area contributed by atoms with Crippen LogP contribution >= 0.6 is 11.8 Å². The van der Waals surface area contributed by atoms with Gasteiger partial charge in [0, 0.05) is 50.2 Å². The number of piperazine rings is 1. The van der Waals surface area contributed by atoms with E-state index in [0.717, 1.165) is 49.1 Å². The van der Waals surface area contributed by atoms with Crippen LogP contribution < -0.4 is 10.1 Å². The zero-order valence-electron chi connectivity index (χ0n) is 17.5. The van der Waals surface area contributed by atoms with Gasteiger partial charge in [0.2, 0.25) is 11.8 Å². The first kappa shape index (κ1) is 22.2. The fraction of sp³-hybridized carbons (Fsp3) is 0.391. The molecular weight excluding hydrogens is 398 g/mol. The van der Waals surface area contributed by atoms with Crippen molar-refractivity contribution < 1.29 is 14.3 Å². The highest BCUT2D eigenvalue weighted by Gasteiger charge is 2.25. The summed E-state index contributed by atoms with van der Waals surface area (Å²) in [6, 6.07) is 17.4. The summed E-state index contributed by atoms with van der Waals surface area (Å²) in [4.78, 5) is 29.2. The first-order valence-corrected chi connectivity index (χ1v) is 11.1. The number of benzene rings is 2. The van der Waals surface area contributed by atoms with Crippen molar-refractivity contribution >= 4 is 29.3 Å². The average Bonchev–Trinajstić information content (AvgIpc) is 2.75. The maximum atomic E-state index is 12.8. The molecule has 2 aromatic rings. The van der Waals surface area contributed by atoms with E-state index in [1.807, 2.05) is 66.4 Å². The van der Waals surface area contributed by atoms with Crippen LogP contribution in [0.25, 0.3) is 0 Å². The molecule has 6 nitrogen and oxygen atoms in total. The number of nitrogens with one attached hydrogen (secondary N) is 1. The monoisotopic (exact) mass is 427 g/mol. The lowest BCUT2D eigenvalue weighted by Gasteiger charge is -2.35. The number of thioether (sulfide) groups is 1. The lowest BCUT2D eigenvalue weighted by molar-refractivity contribution is -0.132. The maximum Gasteiger partial charge on any atom is 0.235 e. The molecule has 0 aromatic heterocycles. The van der Waals surface area contributed by atoms with Crippen LogP contribution in [-0.4, -0.2) is 66.2 Å². The van der Waals surface area contributed by atoms with Gasteiger partial charge < -0.3 is 15.0 Å². The summed E-state index contributed by atoms with van der Waals surface area (Å²) < 4.78 is 5.77. The van der Waals surface area contributed by atoms with Gasteiger partial charge in [-0.1, -0.05) is 18.2 Å². The molecule has 0 radical (unpaired) electrons. The molecule has 160 valence electrons. The normalized spacial score (nSPS) is 15.5. The van der Waals surface area contributed by atoms with E-state index >= 15 is 0 Å². The second kappa shape index (κ2) is 11.0. The van der Waals surface area contributed by atoms with Crippen LogP contribution in [0, 0.1) is 0 Å². The van der Waals surface area contributed by atoms with Gasteiger partial charge in [0.1, 0.15) is 12.4 Å². The zero-order chi connectivity index (χ0) is 21.3. The molecule has 1 fully saturated rings. The Morgan fingerprint density at radius 3 is 2.33 bits per heavy atom. The SMILES string of the molecule is CC(=O)Nc1ccc(SC(C)C(=O)N2CCN(CCOc3ccccc3)CC2)cc1. The van der Waals surface area contributed by atoms with E-state index in [1.54, 1.807) is 11.8 Å². The first-order valence-electron chi connectivity index (χ1n) is 10.2. The number of nitrogens with zero attached hydrogens (tertiary/aromatic N) is 2. The smallest absolute Gasteiger partial charge is 0.235 e. The minimum Gasteiger partial charge on any atom is -0.492 e. The largest absolute Gasteiger partial charge is 0.492 e. The first-order chi connectivity index (χ1) is 14.5. The molecule has 0 aliphatic carbocycles. The maximum absolute atomic E-state index is 12.8.